The maximum Gasteiger partial charge on any atom is 0.375 e. The zero-order valence-corrected chi connectivity index (χ0v) is 10.9. The van der Waals surface area contributed by atoms with Crippen LogP contribution < -0.4 is 33.2 Å². The lowest BCUT2D eigenvalue weighted by Gasteiger charge is -2.34. The zero-order chi connectivity index (χ0) is 16.6. The van der Waals surface area contributed by atoms with Gasteiger partial charge >= 0.3 is 5.97 Å². The highest BCUT2D eigenvalue weighted by atomic mass is 16.5. The highest BCUT2D eigenvalue weighted by Crippen LogP contribution is 2.00. The van der Waals surface area contributed by atoms with Gasteiger partial charge in [0.05, 0.1) is 6.61 Å². The summed E-state index contributed by atoms with van der Waals surface area (Å²) in [5.74, 6) is -5.69. The van der Waals surface area contributed by atoms with E-state index in [1.165, 1.54) is 0 Å². The molecule has 0 rings (SSSR count). The topological polar surface area (TPSA) is 252 Å². The largest absolute Gasteiger partial charge is 0.458 e. The normalized spacial score (nSPS) is 14.2. The molecule has 0 aliphatic rings. The molecule has 13 nitrogen and oxygen atoms in total. The van der Waals surface area contributed by atoms with Gasteiger partial charge in [-0.15, -0.1) is 0 Å². The summed E-state index contributed by atoms with van der Waals surface area (Å²) in [7, 11) is 0. The molecule has 0 aliphatic carbocycles. The van der Waals surface area contributed by atoms with Crippen molar-refractivity contribution in [1.29, 1.82) is 16.2 Å². The Hall–Kier alpha value is -2.80. The highest BCUT2D eigenvalue weighted by molar-refractivity contribution is 5.94. The van der Waals surface area contributed by atoms with Crippen molar-refractivity contribution < 1.29 is 19.7 Å². The standard InChI is InChI=1S/C8H19N9O4/c9-5(10)15-8(16-6(11)12,17-7(13)14)4(20)21-2-3(19)1-18/h3,18-19H,1-2H2,(H4,9,10,15)(H4,11,12,16)(H4,13,14,17). The lowest BCUT2D eigenvalue weighted by Crippen LogP contribution is -2.77. The number of nitrogens with one attached hydrogen (secondary N) is 6. The number of ether oxygens (including phenoxy) is 1. The summed E-state index contributed by atoms with van der Waals surface area (Å²) < 4.78 is 4.67. The van der Waals surface area contributed by atoms with Crippen LogP contribution in [0.2, 0.25) is 0 Å². The molecule has 0 saturated heterocycles. The number of aliphatic hydroxyl groups excluding tert-OH is 2. The third-order valence-corrected chi connectivity index (χ3v) is 1.89. The predicted molar refractivity (Wildman–Crippen MR) is 71.9 cm³/mol. The molecule has 13 heteroatoms. The summed E-state index contributed by atoms with van der Waals surface area (Å²) in [6.07, 6.45) is -1.33. The Bertz CT molecular complexity index is 385. The van der Waals surface area contributed by atoms with Crippen molar-refractivity contribution in [3.63, 3.8) is 0 Å². The van der Waals surface area contributed by atoms with Crippen molar-refractivity contribution in [2.45, 2.75) is 11.9 Å². The summed E-state index contributed by atoms with van der Waals surface area (Å²) in [4.78, 5) is 12.0. The van der Waals surface area contributed by atoms with Crippen LogP contribution in [0.15, 0.2) is 0 Å². The number of hydrogen-bond acceptors (Lipinski definition) is 7. The van der Waals surface area contributed by atoms with Gasteiger partial charge in [-0.05, 0) is 0 Å². The molecule has 1 atom stereocenters. The average Bonchev–Trinajstić information content (AvgIpc) is 2.32. The molecule has 0 aromatic carbocycles. The molecule has 0 aromatic heterocycles. The van der Waals surface area contributed by atoms with Crippen LogP contribution in [0.25, 0.3) is 0 Å². The van der Waals surface area contributed by atoms with Crippen molar-refractivity contribution in [2.75, 3.05) is 13.2 Å². The molecule has 0 aromatic rings. The van der Waals surface area contributed by atoms with Gasteiger partial charge < -0.3 is 48.1 Å². The third-order valence-electron chi connectivity index (χ3n) is 1.89. The van der Waals surface area contributed by atoms with E-state index >= 15 is 0 Å². The smallest absolute Gasteiger partial charge is 0.375 e. The molecule has 0 amide bonds. The number of guanidine groups is 3. The molecule has 0 radical (unpaired) electrons. The van der Waals surface area contributed by atoms with Gasteiger partial charge in [0.25, 0.3) is 5.79 Å². The number of carbonyl (C=O) groups is 1. The van der Waals surface area contributed by atoms with Crippen molar-refractivity contribution in [3.8, 4) is 0 Å². The number of aliphatic hydroxyl groups is 2. The maximum atomic E-state index is 12.0. The first-order valence-electron chi connectivity index (χ1n) is 5.45. The Balaban J connectivity index is 5.29. The Morgan fingerprint density at radius 2 is 1.48 bits per heavy atom. The van der Waals surface area contributed by atoms with Crippen LogP contribution in [-0.4, -0.2) is 59.2 Å². The van der Waals surface area contributed by atoms with E-state index in [2.05, 4.69) is 20.7 Å². The van der Waals surface area contributed by atoms with Crippen molar-refractivity contribution in [2.24, 2.45) is 17.2 Å². The van der Waals surface area contributed by atoms with E-state index in [1.54, 1.807) is 0 Å². The minimum Gasteiger partial charge on any atom is -0.458 e. The monoisotopic (exact) mass is 305 g/mol. The first kappa shape index (κ1) is 18.2. The van der Waals surface area contributed by atoms with Crippen LogP contribution in [-0.2, 0) is 9.53 Å². The fourth-order valence-corrected chi connectivity index (χ4v) is 1.19. The van der Waals surface area contributed by atoms with Crippen LogP contribution >= 0.6 is 0 Å². The van der Waals surface area contributed by atoms with Gasteiger partial charge in [-0.2, -0.15) is 0 Å². The minimum absolute atomic E-state index is 0.587. The lowest BCUT2D eigenvalue weighted by atomic mass is 10.3. The Labute approximate surface area is 119 Å². The number of nitrogens with two attached hydrogens (primary N) is 3. The summed E-state index contributed by atoms with van der Waals surface area (Å²) in [5, 5.41) is 45.4. The van der Waals surface area contributed by atoms with Crippen LogP contribution in [0.5, 0.6) is 0 Å². The first-order chi connectivity index (χ1) is 9.62. The van der Waals surface area contributed by atoms with Gasteiger partial charge in [-0.1, -0.05) is 0 Å². The summed E-state index contributed by atoms with van der Waals surface area (Å²) in [5.41, 5.74) is 15.4. The van der Waals surface area contributed by atoms with Crippen molar-refractivity contribution in [3.05, 3.63) is 0 Å². The molecule has 21 heavy (non-hydrogen) atoms. The Morgan fingerprint density at radius 1 is 1.10 bits per heavy atom. The highest BCUT2D eigenvalue weighted by Gasteiger charge is 2.42. The lowest BCUT2D eigenvalue weighted by molar-refractivity contribution is -0.156. The van der Waals surface area contributed by atoms with Crippen molar-refractivity contribution in [1.82, 2.24) is 16.0 Å². The average molecular weight is 305 g/mol. The second-order valence-corrected chi connectivity index (χ2v) is 3.80. The number of esters is 1. The van der Waals surface area contributed by atoms with Crippen LogP contribution in [0, 0.1) is 16.2 Å². The van der Waals surface area contributed by atoms with E-state index in [1.807, 2.05) is 0 Å². The summed E-state index contributed by atoms with van der Waals surface area (Å²) >= 11 is 0. The van der Waals surface area contributed by atoms with Crippen molar-refractivity contribution >= 4 is 23.8 Å². The molecular formula is C8H19N9O4. The first-order valence-corrected chi connectivity index (χ1v) is 5.45. The molecule has 0 fully saturated rings. The quantitative estimate of drug-likeness (QED) is 0.0923. The molecule has 0 aliphatic heterocycles. The Kier molecular flexibility index (Phi) is 6.68. The summed E-state index contributed by atoms with van der Waals surface area (Å²) in [6, 6.07) is 0. The molecule has 0 spiro atoms. The van der Waals surface area contributed by atoms with E-state index in [0.29, 0.717) is 0 Å². The predicted octanol–water partition coefficient (Wildman–Crippen LogP) is -5.01. The Morgan fingerprint density at radius 3 is 1.76 bits per heavy atom. The number of rotatable bonds is 7. The second kappa shape index (κ2) is 7.71. The fraction of sp³-hybridized carbons (Fsp3) is 0.500. The summed E-state index contributed by atoms with van der Waals surface area (Å²) in [6.45, 7) is -1.24. The minimum atomic E-state index is -2.29. The number of hydrogen-bond donors (Lipinski definition) is 11. The zero-order valence-electron chi connectivity index (χ0n) is 10.9. The van der Waals surface area contributed by atoms with Crippen LogP contribution in [0.1, 0.15) is 0 Å². The van der Waals surface area contributed by atoms with Crippen LogP contribution in [0.3, 0.4) is 0 Å². The molecule has 120 valence electrons. The van der Waals surface area contributed by atoms with Gasteiger partial charge in [0.1, 0.15) is 12.7 Å². The second-order valence-electron chi connectivity index (χ2n) is 3.80. The maximum absolute atomic E-state index is 12.0. The van der Waals surface area contributed by atoms with Gasteiger partial charge in [0.15, 0.2) is 17.9 Å². The molecule has 1 unspecified atom stereocenters. The molecule has 14 N–H and O–H groups in total. The van der Waals surface area contributed by atoms with Crippen LogP contribution in [0.4, 0.5) is 0 Å². The van der Waals surface area contributed by atoms with E-state index in [4.69, 9.17) is 43.6 Å². The van der Waals surface area contributed by atoms with E-state index < -0.39 is 49.0 Å². The van der Waals surface area contributed by atoms with Gasteiger partial charge in [0, 0.05) is 0 Å². The molecule has 0 bridgehead atoms. The molecular weight excluding hydrogens is 286 g/mol. The third kappa shape index (κ3) is 6.26. The SMILES string of the molecule is N=C(N)NC(NC(=N)N)(NC(=N)N)C(=O)OCC(O)CO. The van der Waals surface area contributed by atoms with E-state index in [9.17, 15) is 4.79 Å². The van der Waals surface area contributed by atoms with Gasteiger partial charge in [0.2, 0.25) is 0 Å². The van der Waals surface area contributed by atoms with E-state index in [0.717, 1.165) is 0 Å². The van der Waals surface area contributed by atoms with E-state index in [-0.39, 0.29) is 0 Å². The molecule has 0 heterocycles. The van der Waals surface area contributed by atoms with Gasteiger partial charge in [-0.25, -0.2) is 4.79 Å². The molecule has 0 saturated carbocycles. The van der Waals surface area contributed by atoms with Gasteiger partial charge in [-0.3, -0.25) is 16.2 Å². The number of carbonyl (C=O) groups excluding carboxylic acids is 1. The fourth-order valence-electron chi connectivity index (χ4n) is 1.19.